The van der Waals surface area contributed by atoms with Gasteiger partial charge < -0.3 is 61.1 Å². The van der Waals surface area contributed by atoms with Gasteiger partial charge in [0.2, 0.25) is 17.7 Å². The number of carbonyl (C=O) groups is 5. The summed E-state index contributed by atoms with van der Waals surface area (Å²) in [6.45, 7) is 3.61. The Balaban J connectivity index is 0.769. The van der Waals surface area contributed by atoms with Crippen molar-refractivity contribution in [1.82, 2.24) is 41.6 Å². The molecule has 2 saturated heterocycles. The fraction of sp³-hybridized carbons (Fsp3) is 0.500. The molecular weight excluding hydrogens is 1010 g/mol. The molecular formula is C54H71N11O11S. The number of fused-ring (bicyclic) bond motifs is 1. The number of hydrogen-bond acceptors (Lipinski definition) is 16. The van der Waals surface area contributed by atoms with Crippen LogP contribution >= 0.6 is 11.8 Å². The third-order valence-electron chi connectivity index (χ3n) is 12.3. The summed E-state index contributed by atoms with van der Waals surface area (Å²) in [6.07, 6.45) is 9.54. The summed E-state index contributed by atoms with van der Waals surface area (Å²) in [5.41, 5.74) is 3.52. The summed E-state index contributed by atoms with van der Waals surface area (Å²) < 4.78 is 24.3. The number of aromatic nitrogens is 3. The highest BCUT2D eigenvalue weighted by Gasteiger charge is 2.42. The molecule has 0 radical (unpaired) electrons. The third-order valence-corrected chi connectivity index (χ3v) is 13.8. The second-order valence-electron chi connectivity index (χ2n) is 18.3. The van der Waals surface area contributed by atoms with Gasteiger partial charge in [-0.25, -0.2) is 9.59 Å². The number of benzene rings is 3. The molecule has 23 heteroatoms. The smallest absolute Gasteiger partial charge is 0.337 e. The molecule has 2 fully saturated rings. The minimum absolute atomic E-state index is 0.000868. The van der Waals surface area contributed by atoms with Gasteiger partial charge in [0.1, 0.15) is 23.7 Å². The predicted molar refractivity (Wildman–Crippen MR) is 290 cm³/mol. The number of carboxylic acid groups (broad SMARTS) is 1. The van der Waals surface area contributed by atoms with Gasteiger partial charge >= 0.3 is 12.0 Å². The molecule has 8 N–H and O–H groups in total. The molecule has 2 aliphatic heterocycles. The summed E-state index contributed by atoms with van der Waals surface area (Å²) in [5, 5.41) is 54.8. The van der Waals surface area contributed by atoms with Crippen LogP contribution in [0.25, 0.3) is 0 Å². The first kappa shape index (κ1) is 59.0. The van der Waals surface area contributed by atoms with Crippen molar-refractivity contribution in [2.75, 3.05) is 77.5 Å². The van der Waals surface area contributed by atoms with Gasteiger partial charge in [-0.15, -0.1) is 15.3 Å². The standard InChI is InChI=1S/C54H71N11O11S/c1-55-24-22-38-14-17-40(18-15-38)58-51(69)12-4-5-26-65-36-41(61-64-65)9-6-13-50(68)56-23-7-8-39-16-20-44(43(34-39)53(70)71)62-63-45-21-19-42(66)35-47(45)76-33-32-75-31-30-74-29-28-73-27-25-57-49(67)11-3-2-10-48-52-46(37-77-48)59-54(72)60-52/h14-21,34-36,46,48,52,55,66H,2-13,23,25-33,37H2,1H3,(H,56,68)(H,57,67)(H,58,69)(H,70,71)(H2,59,60,72)/t46?,48-,52?/m0/s1. The largest absolute Gasteiger partial charge is 0.508 e. The van der Waals surface area contributed by atoms with E-state index in [0.29, 0.717) is 109 Å². The number of aryl methyl sites for hydroxylation is 3. The molecule has 0 aliphatic carbocycles. The third kappa shape index (κ3) is 21.7. The molecule has 4 aromatic rings. The predicted octanol–water partition coefficient (Wildman–Crippen LogP) is 5.78. The number of anilines is 1. The number of nitrogens with one attached hydrogen (secondary N) is 6. The maximum absolute atomic E-state index is 12.6. The maximum Gasteiger partial charge on any atom is 0.337 e. The van der Waals surface area contributed by atoms with E-state index in [-0.39, 0.29) is 77.5 Å². The van der Waals surface area contributed by atoms with E-state index < -0.39 is 5.97 Å². The van der Waals surface area contributed by atoms with Crippen molar-refractivity contribution in [3.8, 4) is 23.5 Å². The van der Waals surface area contributed by atoms with Gasteiger partial charge in [-0.1, -0.05) is 17.7 Å². The van der Waals surface area contributed by atoms with Crippen molar-refractivity contribution < 1.29 is 53.1 Å². The molecule has 3 aromatic carbocycles. The van der Waals surface area contributed by atoms with Crippen LogP contribution in [0.5, 0.6) is 11.5 Å². The Morgan fingerprint density at radius 2 is 1.48 bits per heavy atom. The Morgan fingerprint density at radius 1 is 0.779 bits per heavy atom. The summed E-state index contributed by atoms with van der Waals surface area (Å²) in [7, 11) is 1.75. The van der Waals surface area contributed by atoms with Gasteiger partial charge in [-0.3, -0.25) is 19.1 Å². The molecule has 77 heavy (non-hydrogen) atoms. The maximum atomic E-state index is 12.6. The SMILES string of the molecule is CNC#Cc1ccc(NC(=O)CCCCn2cc(CCCC(=O)NCCCc3ccc(N=Nc4ccc(O)cc4OCCOCCOCCOCCNC(=O)CCCC[C@@H]4SCC5NC(=O)NC54)c(C(=O)O)c3)nn2)cc1. The van der Waals surface area contributed by atoms with Crippen molar-refractivity contribution in [2.45, 2.75) is 101 Å². The number of amides is 5. The first-order chi connectivity index (χ1) is 37.5. The van der Waals surface area contributed by atoms with Crippen molar-refractivity contribution in [1.29, 1.82) is 0 Å². The van der Waals surface area contributed by atoms with Gasteiger partial charge in [0.25, 0.3) is 0 Å². The molecule has 2 aliphatic rings. The van der Waals surface area contributed by atoms with Crippen molar-refractivity contribution in [3.63, 3.8) is 0 Å². The van der Waals surface area contributed by atoms with Gasteiger partial charge in [0.15, 0.2) is 5.75 Å². The number of hydrogen-bond donors (Lipinski definition) is 8. The monoisotopic (exact) mass is 1080 g/mol. The number of nitrogens with zero attached hydrogens (tertiary/aromatic N) is 5. The Morgan fingerprint density at radius 3 is 2.26 bits per heavy atom. The van der Waals surface area contributed by atoms with E-state index in [2.05, 4.69) is 64.4 Å². The second-order valence-corrected chi connectivity index (χ2v) is 19.5. The van der Waals surface area contributed by atoms with E-state index in [0.717, 1.165) is 53.9 Å². The summed E-state index contributed by atoms with van der Waals surface area (Å²) in [5.74, 6) is 2.76. The quantitative estimate of drug-likeness (QED) is 0.00891. The molecule has 2 unspecified atom stereocenters. The molecule has 5 amide bonds. The number of phenolic OH excluding ortho intramolecular Hbond substituents is 1. The molecule has 0 spiro atoms. The minimum Gasteiger partial charge on any atom is -0.508 e. The van der Waals surface area contributed by atoms with Crippen LogP contribution < -0.4 is 36.6 Å². The molecule has 22 nitrogen and oxygen atoms in total. The summed E-state index contributed by atoms with van der Waals surface area (Å²) in [4.78, 5) is 60.9. The highest BCUT2D eigenvalue weighted by Crippen LogP contribution is 2.34. The van der Waals surface area contributed by atoms with E-state index in [4.69, 9.17) is 18.9 Å². The van der Waals surface area contributed by atoms with E-state index >= 15 is 0 Å². The van der Waals surface area contributed by atoms with E-state index in [1.54, 1.807) is 29.9 Å². The Labute approximate surface area is 453 Å². The zero-order valence-electron chi connectivity index (χ0n) is 43.6. The number of phenols is 1. The first-order valence-electron chi connectivity index (χ1n) is 26.2. The molecule has 6 rings (SSSR count). The van der Waals surface area contributed by atoms with E-state index in [9.17, 15) is 34.2 Å². The van der Waals surface area contributed by atoms with Crippen LogP contribution in [-0.2, 0) is 48.0 Å². The lowest BCUT2D eigenvalue weighted by molar-refractivity contribution is -0.122. The van der Waals surface area contributed by atoms with Gasteiger partial charge in [-0.05, 0) is 111 Å². The lowest BCUT2D eigenvalue weighted by Gasteiger charge is -2.16. The number of azo groups is 1. The van der Waals surface area contributed by atoms with Crippen LogP contribution in [-0.4, -0.2) is 144 Å². The normalized spacial score (nSPS) is 15.5. The molecule has 3 heterocycles. The minimum atomic E-state index is -1.17. The first-order valence-corrected chi connectivity index (χ1v) is 27.2. The second kappa shape index (κ2) is 33.0. The summed E-state index contributed by atoms with van der Waals surface area (Å²) in [6, 6.07) is 19.7. The van der Waals surface area contributed by atoms with Crippen molar-refractivity contribution in [2.24, 2.45) is 10.2 Å². The highest BCUT2D eigenvalue weighted by atomic mass is 32.2. The number of aromatic hydroxyl groups is 1. The van der Waals surface area contributed by atoms with Crippen LogP contribution in [0.15, 0.2) is 77.1 Å². The van der Waals surface area contributed by atoms with Gasteiger partial charge in [0.05, 0.1) is 63.0 Å². The lowest BCUT2D eigenvalue weighted by atomic mass is 10.0. The lowest BCUT2D eigenvalue weighted by Crippen LogP contribution is -2.36. The molecule has 3 atom stereocenters. The average Bonchev–Trinajstić information content (AvgIpc) is 4.16. The van der Waals surface area contributed by atoms with Crippen molar-refractivity contribution in [3.05, 3.63) is 89.2 Å². The molecule has 0 saturated carbocycles. The molecule has 1 aromatic heterocycles. The fourth-order valence-corrected chi connectivity index (χ4v) is 9.88. The fourth-order valence-electron chi connectivity index (χ4n) is 8.34. The number of ether oxygens (including phenoxy) is 4. The highest BCUT2D eigenvalue weighted by molar-refractivity contribution is 8.00. The van der Waals surface area contributed by atoms with Crippen LogP contribution in [0.3, 0.4) is 0 Å². The Hall–Kier alpha value is -7.26. The van der Waals surface area contributed by atoms with E-state index in [1.165, 1.54) is 18.2 Å². The number of aromatic carboxylic acids is 1. The average molecular weight is 1080 g/mol. The summed E-state index contributed by atoms with van der Waals surface area (Å²) >= 11 is 1.88. The zero-order valence-corrected chi connectivity index (χ0v) is 44.4. The Kier molecular flexibility index (Phi) is 25.3. The number of carboxylic acids is 1. The van der Waals surface area contributed by atoms with Crippen molar-refractivity contribution >= 4 is 58.5 Å². The van der Waals surface area contributed by atoms with Crippen LogP contribution in [0.2, 0.25) is 0 Å². The van der Waals surface area contributed by atoms with E-state index in [1.807, 2.05) is 42.2 Å². The number of urea groups is 1. The number of rotatable bonds is 35. The van der Waals surface area contributed by atoms with Crippen LogP contribution in [0.4, 0.5) is 21.9 Å². The molecule has 0 bridgehead atoms. The zero-order chi connectivity index (χ0) is 54.5. The van der Waals surface area contributed by atoms with Crippen LogP contribution in [0, 0.1) is 12.0 Å². The van der Waals surface area contributed by atoms with Gasteiger partial charge in [-0.2, -0.15) is 11.8 Å². The van der Waals surface area contributed by atoms with Gasteiger partial charge in [0, 0.05) is 86.5 Å². The van der Waals surface area contributed by atoms with Crippen LogP contribution in [0.1, 0.15) is 91.4 Å². The topological polar surface area (TPSA) is 290 Å². The molecule has 414 valence electrons. The number of unbranched alkanes of at least 4 members (excludes halogenated alkanes) is 2. The Bertz CT molecular complexity index is 2620. The number of carbonyl (C=O) groups excluding carboxylic acids is 4. The number of thioether (sulfide) groups is 1.